The molecule has 1 unspecified atom stereocenters. The molecular formula is C35H33FN6O3S. The first-order valence-electron chi connectivity index (χ1n) is 15.1. The second-order valence-electron chi connectivity index (χ2n) is 11.8. The molecule has 0 aliphatic carbocycles. The minimum atomic E-state index is -0.747. The molecular weight excluding hydrogens is 603 g/mol. The molecule has 1 amide bonds. The smallest absolute Gasteiger partial charge is 0.246 e. The number of carbonyl (C=O) groups excluding carboxylic acids is 1. The number of aromatic nitrogens is 5. The van der Waals surface area contributed by atoms with E-state index >= 15 is 4.39 Å². The Kier molecular flexibility index (Phi) is 7.45. The number of fused-ring (bicyclic) bond motifs is 3. The summed E-state index contributed by atoms with van der Waals surface area (Å²) in [5, 5.41) is 17.9. The number of aryl methyl sites for hydroxylation is 1. The number of nitrogens with zero attached hydrogens (tertiary/aromatic N) is 6. The maximum Gasteiger partial charge on any atom is 0.246 e. The molecule has 46 heavy (non-hydrogen) atoms. The summed E-state index contributed by atoms with van der Waals surface area (Å²) in [5.41, 5.74) is 6.12. The second-order valence-corrected chi connectivity index (χ2v) is 12.7. The number of hydrogen-bond acceptors (Lipinski definition) is 7. The van der Waals surface area contributed by atoms with Crippen molar-refractivity contribution in [1.29, 1.82) is 0 Å². The Bertz CT molecular complexity index is 2150. The van der Waals surface area contributed by atoms with Gasteiger partial charge in [0.05, 0.1) is 52.5 Å². The number of aliphatic hydroxyl groups excluding tert-OH is 1. The van der Waals surface area contributed by atoms with Crippen LogP contribution in [-0.4, -0.2) is 59.5 Å². The predicted molar refractivity (Wildman–Crippen MR) is 178 cm³/mol. The number of thiophene rings is 1. The van der Waals surface area contributed by atoms with Crippen molar-refractivity contribution in [1.82, 2.24) is 29.2 Å². The summed E-state index contributed by atoms with van der Waals surface area (Å²) in [6.07, 6.45) is 2.36. The topological polar surface area (TPSA) is 98.3 Å². The molecule has 6 aromatic rings. The molecule has 1 N–H and O–H groups in total. The zero-order valence-electron chi connectivity index (χ0n) is 25.9. The summed E-state index contributed by atoms with van der Waals surface area (Å²) < 4.78 is 26.8. The average Bonchev–Trinajstić information content (AvgIpc) is 3.80. The van der Waals surface area contributed by atoms with Crippen molar-refractivity contribution >= 4 is 38.4 Å². The van der Waals surface area contributed by atoms with Crippen LogP contribution < -0.4 is 4.74 Å². The van der Waals surface area contributed by atoms with Gasteiger partial charge in [-0.05, 0) is 68.6 Å². The molecule has 1 aliphatic rings. The standard InChI is InChI=1S/C35H33FN6O3S/c1-6-30(44)41-16-19(2)42-28(21(41)4)15-26(39-42)34-32(31-24(36)8-7-9-29(31)45-17-20(3)43)35-23(12-13-46-35)33(38-34)22-10-11-27-25(14-22)37-18-40(27)5/h6-15,18-21,43H,1,16-17H2,2-5H3/t19-,20?,21+/m0/s1. The van der Waals surface area contributed by atoms with Gasteiger partial charge in [0.2, 0.25) is 5.91 Å². The molecule has 0 saturated heterocycles. The van der Waals surface area contributed by atoms with Crippen LogP contribution in [0.3, 0.4) is 0 Å². The highest BCUT2D eigenvalue weighted by Crippen LogP contribution is 2.47. The van der Waals surface area contributed by atoms with E-state index in [0.717, 1.165) is 38.1 Å². The number of halogens is 1. The van der Waals surface area contributed by atoms with Crippen molar-refractivity contribution < 1.29 is 19.0 Å². The molecule has 7 rings (SSSR count). The van der Waals surface area contributed by atoms with E-state index in [4.69, 9.17) is 14.8 Å². The van der Waals surface area contributed by atoms with Gasteiger partial charge in [-0.2, -0.15) is 5.10 Å². The molecule has 0 bridgehead atoms. The summed E-state index contributed by atoms with van der Waals surface area (Å²) in [4.78, 5) is 24.3. The fourth-order valence-electron chi connectivity index (χ4n) is 6.29. The molecule has 11 heteroatoms. The van der Waals surface area contributed by atoms with Crippen LogP contribution in [0.5, 0.6) is 5.75 Å². The van der Waals surface area contributed by atoms with Gasteiger partial charge < -0.3 is 19.3 Å². The van der Waals surface area contributed by atoms with Gasteiger partial charge in [-0.15, -0.1) is 11.3 Å². The summed E-state index contributed by atoms with van der Waals surface area (Å²) in [5.74, 6) is -0.322. The number of carbonyl (C=O) groups is 1. The molecule has 4 aromatic heterocycles. The average molecular weight is 637 g/mol. The number of imidazole rings is 1. The maximum atomic E-state index is 16.1. The number of pyridine rings is 1. The molecule has 5 heterocycles. The minimum absolute atomic E-state index is 0.00402. The third-order valence-electron chi connectivity index (χ3n) is 8.55. The summed E-state index contributed by atoms with van der Waals surface area (Å²) >= 11 is 1.49. The molecule has 0 fully saturated rings. The Morgan fingerprint density at radius 3 is 2.80 bits per heavy atom. The maximum absolute atomic E-state index is 16.1. The highest BCUT2D eigenvalue weighted by Gasteiger charge is 2.34. The lowest BCUT2D eigenvalue weighted by Gasteiger charge is -2.36. The Balaban J connectivity index is 1.51. The third-order valence-corrected chi connectivity index (χ3v) is 9.48. The number of ether oxygens (including phenoxy) is 1. The van der Waals surface area contributed by atoms with Gasteiger partial charge >= 0.3 is 0 Å². The molecule has 0 saturated carbocycles. The zero-order chi connectivity index (χ0) is 32.3. The minimum Gasteiger partial charge on any atom is -0.490 e. The van der Waals surface area contributed by atoms with Gasteiger partial charge in [0.15, 0.2) is 0 Å². The first kappa shape index (κ1) is 29.8. The predicted octanol–water partition coefficient (Wildman–Crippen LogP) is 6.93. The summed E-state index contributed by atoms with van der Waals surface area (Å²) in [6, 6.07) is 14.3. The van der Waals surface area contributed by atoms with Crippen LogP contribution in [-0.2, 0) is 11.8 Å². The van der Waals surface area contributed by atoms with E-state index in [9.17, 15) is 9.90 Å². The first-order chi connectivity index (χ1) is 22.2. The lowest BCUT2D eigenvalue weighted by Crippen LogP contribution is -2.42. The van der Waals surface area contributed by atoms with Gasteiger partial charge in [-0.3, -0.25) is 9.48 Å². The number of hydrogen-bond donors (Lipinski definition) is 1. The second kappa shape index (κ2) is 11.5. The van der Waals surface area contributed by atoms with E-state index in [-0.39, 0.29) is 30.2 Å². The Labute approximate surface area is 269 Å². The van der Waals surface area contributed by atoms with Crippen LogP contribution >= 0.6 is 11.3 Å². The van der Waals surface area contributed by atoms with Crippen LogP contribution in [0.4, 0.5) is 4.39 Å². The summed E-state index contributed by atoms with van der Waals surface area (Å²) in [7, 11) is 1.95. The molecule has 3 atom stereocenters. The van der Waals surface area contributed by atoms with E-state index in [2.05, 4.69) is 11.6 Å². The van der Waals surface area contributed by atoms with Crippen LogP contribution in [0, 0.1) is 5.82 Å². The van der Waals surface area contributed by atoms with Gasteiger partial charge in [0.1, 0.15) is 29.6 Å². The van der Waals surface area contributed by atoms with Crippen molar-refractivity contribution in [2.45, 2.75) is 39.0 Å². The fourth-order valence-corrected chi connectivity index (χ4v) is 7.24. The number of rotatable bonds is 7. The quantitative estimate of drug-likeness (QED) is 0.191. The molecule has 234 valence electrons. The monoisotopic (exact) mass is 636 g/mol. The highest BCUT2D eigenvalue weighted by molar-refractivity contribution is 7.18. The van der Waals surface area contributed by atoms with E-state index in [0.29, 0.717) is 29.2 Å². The van der Waals surface area contributed by atoms with Crippen molar-refractivity contribution in [3.63, 3.8) is 0 Å². The molecule has 0 radical (unpaired) electrons. The third kappa shape index (κ3) is 4.87. The lowest BCUT2D eigenvalue weighted by molar-refractivity contribution is -0.129. The van der Waals surface area contributed by atoms with Gasteiger partial charge in [-0.25, -0.2) is 14.4 Å². The number of aliphatic hydroxyl groups is 1. The molecule has 1 aliphatic heterocycles. The van der Waals surface area contributed by atoms with E-state index < -0.39 is 11.9 Å². The van der Waals surface area contributed by atoms with E-state index in [1.54, 1.807) is 30.3 Å². The van der Waals surface area contributed by atoms with Crippen molar-refractivity contribution in [2.24, 2.45) is 7.05 Å². The number of amides is 1. The highest BCUT2D eigenvalue weighted by atomic mass is 32.1. The van der Waals surface area contributed by atoms with Crippen molar-refractivity contribution in [3.05, 3.63) is 84.4 Å². The Morgan fingerprint density at radius 2 is 2.02 bits per heavy atom. The van der Waals surface area contributed by atoms with Gasteiger partial charge in [-0.1, -0.05) is 18.7 Å². The van der Waals surface area contributed by atoms with Crippen molar-refractivity contribution in [3.8, 4) is 39.5 Å². The lowest BCUT2D eigenvalue weighted by atomic mass is 9.96. The molecule has 2 aromatic carbocycles. The first-order valence-corrected chi connectivity index (χ1v) is 16.0. The zero-order valence-corrected chi connectivity index (χ0v) is 26.8. The molecule has 0 spiro atoms. The van der Waals surface area contributed by atoms with Crippen LogP contribution in [0.2, 0.25) is 0 Å². The van der Waals surface area contributed by atoms with E-state index in [1.165, 1.54) is 23.5 Å². The number of benzene rings is 2. The normalized spacial score (nSPS) is 17.0. The Hall–Kier alpha value is -4.87. The van der Waals surface area contributed by atoms with Crippen LogP contribution in [0.1, 0.15) is 38.5 Å². The van der Waals surface area contributed by atoms with Gasteiger partial charge in [0, 0.05) is 34.8 Å². The molecule has 9 nitrogen and oxygen atoms in total. The fraction of sp³-hybridized carbons (Fsp3) is 0.257. The van der Waals surface area contributed by atoms with Crippen molar-refractivity contribution in [2.75, 3.05) is 13.2 Å². The Morgan fingerprint density at radius 1 is 1.20 bits per heavy atom. The summed E-state index contributed by atoms with van der Waals surface area (Å²) in [6.45, 7) is 9.75. The van der Waals surface area contributed by atoms with Crippen LogP contribution in [0.15, 0.2) is 72.9 Å². The largest absolute Gasteiger partial charge is 0.490 e. The SMILES string of the molecule is C=CC(=O)N1C[C@H](C)n2nc(-c3nc(-c4ccc5c(c4)ncn5C)c4ccsc4c3-c3c(F)cccc3OCC(C)O)cc2[C@H]1C. The van der Waals surface area contributed by atoms with Crippen LogP contribution in [0.25, 0.3) is 54.9 Å². The van der Waals surface area contributed by atoms with Gasteiger partial charge in [0.25, 0.3) is 0 Å². The van der Waals surface area contributed by atoms with E-state index in [1.807, 2.05) is 65.9 Å².